The molecule has 1 N–H and O–H groups in total. The number of carbonyl (C=O) groups excluding carboxylic acids is 2. The molecule has 1 atom stereocenters. The van der Waals surface area contributed by atoms with E-state index in [1.165, 1.54) is 5.56 Å². The second kappa shape index (κ2) is 6.71. The highest BCUT2D eigenvalue weighted by molar-refractivity contribution is 6.01. The highest BCUT2D eigenvalue weighted by atomic mass is 16.2. The van der Waals surface area contributed by atoms with Gasteiger partial charge in [-0.3, -0.25) is 9.59 Å². The molecule has 0 aliphatic carbocycles. The van der Waals surface area contributed by atoms with Crippen LogP contribution in [0.25, 0.3) is 0 Å². The Morgan fingerprint density at radius 3 is 2.40 bits per heavy atom. The lowest BCUT2D eigenvalue weighted by molar-refractivity contribution is -0.135. The molecule has 0 bridgehead atoms. The number of benzene rings is 2. The van der Waals surface area contributed by atoms with Crippen molar-refractivity contribution in [3.63, 3.8) is 0 Å². The first kappa shape index (κ1) is 15.9. The number of para-hydroxylation sites is 1. The van der Waals surface area contributed by atoms with Crippen molar-refractivity contribution < 1.29 is 9.59 Å². The Morgan fingerprint density at radius 1 is 0.960 bits per heavy atom. The maximum Gasteiger partial charge on any atom is 0.230 e. The molecule has 1 saturated heterocycles. The van der Waals surface area contributed by atoms with E-state index in [1.54, 1.807) is 0 Å². The van der Waals surface area contributed by atoms with Crippen molar-refractivity contribution in [2.75, 3.05) is 18.4 Å². The normalized spacial score (nSPS) is 20.7. The molecule has 128 valence electrons. The van der Waals surface area contributed by atoms with Gasteiger partial charge in [0.05, 0.1) is 5.92 Å². The molecule has 2 aromatic rings. The average molecular weight is 334 g/mol. The second-order valence-electron chi connectivity index (χ2n) is 6.90. The monoisotopic (exact) mass is 334 g/mol. The number of amides is 2. The van der Waals surface area contributed by atoms with Crippen molar-refractivity contribution in [2.24, 2.45) is 0 Å². The highest BCUT2D eigenvalue weighted by Crippen LogP contribution is 2.35. The van der Waals surface area contributed by atoms with Crippen LogP contribution in [0.15, 0.2) is 54.6 Å². The van der Waals surface area contributed by atoms with Gasteiger partial charge < -0.3 is 10.2 Å². The first-order valence-electron chi connectivity index (χ1n) is 8.95. The van der Waals surface area contributed by atoms with Gasteiger partial charge in [-0.1, -0.05) is 48.5 Å². The van der Waals surface area contributed by atoms with E-state index in [2.05, 4.69) is 29.6 Å². The molecule has 1 fully saturated rings. The van der Waals surface area contributed by atoms with Gasteiger partial charge in [0.2, 0.25) is 11.8 Å². The zero-order chi connectivity index (χ0) is 17.2. The van der Waals surface area contributed by atoms with E-state index in [0.717, 1.165) is 37.2 Å². The van der Waals surface area contributed by atoms with Gasteiger partial charge >= 0.3 is 0 Å². The summed E-state index contributed by atoms with van der Waals surface area (Å²) in [5.41, 5.74) is 3.07. The van der Waals surface area contributed by atoms with Gasteiger partial charge in [0.15, 0.2) is 0 Å². The molecular formula is C21H22N2O2. The minimum Gasteiger partial charge on any atom is -0.342 e. The molecule has 4 heteroatoms. The quantitative estimate of drug-likeness (QED) is 0.913. The molecule has 2 heterocycles. The number of carbonyl (C=O) groups is 2. The Bertz CT molecular complexity index is 779. The Labute approximate surface area is 147 Å². The molecule has 2 aliphatic rings. The van der Waals surface area contributed by atoms with Gasteiger partial charge in [0.25, 0.3) is 0 Å². The average Bonchev–Trinajstić information content (AvgIpc) is 2.67. The maximum atomic E-state index is 13.1. The molecule has 0 aromatic heterocycles. The predicted octanol–water partition coefficient (Wildman–Crippen LogP) is 3.52. The van der Waals surface area contributed by atoms with Crippen LogP contribution < -0.4 is 5.32 Å². The Morgan fingerprint density at radius 2 is 1.64 bits per heavy atom. The number of hydrogen-bond acceptors (Lipinski definition) is 2. The lowest BCUT2D eigenvalue weighted by atomic mass is 9.86. The summed E-state index contributed by atoms with van der Waals surface area (Å²) in [5.74, 6) is 0.190. The third-order valence-corrected chi connectivity index (χ3v) is 5.38. The molecule has 2 aliphatic heterocycles. The van der Waals surface area contributed by atoms with Crippen LogP contribution in [-0.2, 0) is 9.59 Å². The number of piperidine rings is 1. The van der Waals surface area contributed by atoms with Gasteiger partial charge in [-0.05, 0) is 36.0 Å². The van der Waals surface area contributed by atoms with Crippen molar-refractivity contribution in [2.45, 2.75) is 31.1 Å². The fourth-order valence-electron chi connectivity index (χ4n) is 4.01. The van der Waals surface area contributed by atoms with Crippen LogP contribution in [0.2, 0.25) is 0 Å². The minimum atomic E-state index is -0.349. The van der Waals surface area contributed by atoms with Crippen LogP contribution in [0.5, 0.6) is 0 Å². The van der Waals surface area contributed by atoms with E-state index in [1.807, 2.05) is 35.2 Å². The first-order valence-corrected chi connectivity index (χ1v) is 8.95. The van der Waals surface area contributed by atoms with E-state index < -0.39 is 0 Å². The summed E-state index contributed by atoms with van der Waals surface area (Å²) in [6.07, 6.45) is 2.21. The van der Waals surface area contributed by atoms with Gasteiger partial charge in [-0.15, -0.1) is 0 Å². The summed E-state index contributed by atoms with van der Waals surface area (Å²) in [4.78, 5) is 27.0. The molecular weight excluding hydrogens is 312 g/mol. The fourth-order valence-corrected chi connectivity index (χ4v) is 4.01. The molecule has 0 radical (unpaired) electrons. The molecule has 4 nitrogen and oxygen atoms in total. The number of fused-ring (bicyclic) bond motifs is 1. The Kier molecular flexibility index (Phi) is 4.26. The van der Waals surface area contributed by atoms with Gasteiger partial charge in [-0.25, -0.2) is 0 Å². The molecule has 2 amide bonds. The molecule has 2 aromatic carbocycles. The van der Waals surface area contributed by atoms with Crippen LogP contribution >= 0.6 is 0 Å². The maximum absolute atomic E-state index is 13.1. The summed E-state index contributed by atoms with van der Waals surface area (Å²) in [7, 11) is 0. The molecule has 4 rings (SSSR count). The number of likely N-dealkylation sites (tertiary alicyclic amines) is 1. The van der Waals surface area contributed by atoms with Crippen LogP contribution in [0.3, 0.4) is 0 Å². The highest BCUT2D eigenvalue weighted by Gasteiger charge is 2.34. The van der Waals surface area contributed by atoms with E-state index in [4.69, 9.17) is 0 Å². The van der Waals surface area contributed by atoms with Gasteiger partial charge in [0.1, 0.15) is 0 Å². The zero-order valence-corrected chi connectivity index (χ0v) is 14.2. The second-order valence-corrected chi connectivity index (χ2v) is 6.90. The third-order valence-electron chi connectivity index (χ3n) is 5.38. The van der Waals surface area contributed by atoms with E-state index >= 15 is 0 Å². The number of nitrogens with one attached hydrogen (secondary N) is 1. The van der Waals surface area contributed by atoms with E-state index in [9.17, 15) is 9.59 Å². The van der Waals surface area contributed by atoms with Crippen molar-refractivity contribution in [3.05, 3.63) is 65.7 Å². The minimum absolute atomic E-state index is 0.0729. The molecule has 0 spiro atoms. The largest absolute Gasteiger partial charge is 0.342 e. The van der Waals surface area contributed by atoms with Gasteiger partial charge in [-0.2, -0.15) is 0 Å². The number of hydrogen-bond donors (Lipinski definition) is 1. The molecule has 1 unspecified atom stereocenters. The van der Waals surface area contributed by atoms with E-state index in [-0.39, 0.29) is 24.2 Å². The molecule has 25 heavy (non-hydrogen) atoms. The van der Waals surface area contributed by atoms with Crippen LogP contribution in [0.4, 0.5) is 5.69 Å². The lowest BCUT2D eigenvalue weighted by Gasteiger charge is -2.35. The predicted molar refractivity (Wildman–Crippen MR) is 97.4 cm³/mol. The summed E-state index contributed by atoms with van der Waals surface area (Å²) in [6, 6.07) is 18.2. The summed E-state index contributed by atoms with van der Waals surface area (Å²) < 4.78 is 0. The van der Waals surface area contributed by atoms with Crippen molar-refractivity contribution in [3.8, 4) is 0 Å². The number of anilines is 1. The van der Waals surface area contributed by atoms with Crippen molar-refractivity contribution in [1.29, 1.82) is 0 Å². The van der Waals surface area contributed by atoms with Gasteiger partial charge in [0, 0.05) is 25.2 Å². The summed E-state index contributed by atoms with van der Waals surface area (Å²) in [5, 5.41) is 2.87. The number of rotatable bonds is 2. The first-order chi connectivity index (χ1) is 12.2. The van der Waals surface area contributed by atoms with Crippen LogP contribution in [-0.4, -0.2) is 29.8 Å². The van der Waals surface area contributed by atoms with E-state index in [0.29, 0.717) is 5.92 Å². The SMILES string of the molecule is O=C1CC(C(=O)N2CCC(c3ccccc3)CC2)c2ccccc2N1. The van der Waals surface area contributed by atoms with Crippen molar-refractivity contribution >= 4 is 17.5 Å². The standard InChI is InChI=1S/C21H22N2O2/c24-20-14-18(17-8-4-5-9-19(17)22-20)21(25)23-12-10-16(11-13-23)15-6-2-1-3-7-15/h1-9,16,18H,10-14H2,(H,22,24). The Hall–Kier alpha value is -2.62. The fraction of sp³-hybridized carbons (Fsp3) is 0.333. The van der Waals surface area contributed by atoms with Crippen LogP contribution in [0.1, 0.15) is 42.2 Å². The third kappa shape index (κ3) is 3.16. The molecule has 0 saturated carbocycles. The van der Waals surface area contributed by atoms with Crippen molar-refractivity contribution in [1.82, 2.24) is 4.90 Å². The zero-order valence-electron chi connectivity index (χ0n) is 14.2. The smallest absolute Gasteiger partial charge is 0.230 e. The summed E-state index contributed by atoms with van der Waals surface area (Å²) in [6.45, 7) is 1.53. The summed E-state index contributed by atoms with van der Waals surface area (Å²) >= 11 is 0. The Balaban J connectivity index is 1.47. The van der Waals surface area contributed by atoms with Crippen LogP contribution in [0, 0.1) is 0 Å². The topological polar surface area (TPSA) is 49.4 Å². The lowest BCUT2D eigenvalue weighted by Crippen LogP contribution is -2.42. The number of nitrogens with zero attached hydrogens (tertiary/aromatic N) is 1.